The van der Waals surface area contributed by atoms with Crippen molar-refractivity contribution >= 4 is 35.0 Å². The number of carbonyl (C=O) groups is 1. The van der Waals surface area contributed by atoms with E-state index in [1.165, 1.54) is 0 Å². The zero-order valence-electron chi connectivity index (χ0n) is 9.34. The van der Waals surface area contributed by atoms with Crippen molar-refractivity contribution in [2.75, 3.05) is 11.9 Å². The summed E-state index contributed by atoms with van der Waals surface area (Å²) in [7, 11) is 0. The van der Waals surface area contributed by atoms with Crippen LogP contribution in [0.4, 0.5) is 10.5 Å². The van der Waals surface area contributed by atoms with Crippen LogP contribution in [0.25, 0.3) is 0 Å². The number of unbranched alkanes of at least 4 members (excludes halogenated alkanes) is 2. The van der Waals surface area contributed by atoms with Crippen LogP contribution in [0.5, 0.6) is 0 Å². The second kappa shape index (κ2) is 7.41. The number of amides is 1. The van der Waals surface area contributed by atoms with E-state index >= 15 is 0 Å². The predicted molar refractivity (Wildman–Crippen MR) is 70.6 cm³/mol. The SMILES string of the molecule is [CH2]CCCCOC(=O)Nc1cc(Cl)cc(Cl)c1. The highest BCUT2D eigenvalue weighted by molar-refractivity contribution is 6.35. The van der Waals surface area contributed by atoms with Crippen LogP contribution in [0.15, 0.2) is 18.2 Å². The third kappa shape index (κ3) is 5.80. The van der Waals surface area contributed by atoms with Crippen LogP contribution in [-0.2, 0) is 4.74 Å². The van der Waals surface area contributed by atoms with E-state index in [1.807, 2.05) is 0 Å². The van der Waals surface area contributed by atoms with Crippen molar-refractivity contribution in [3.8, 4) is 0 Å². The molecule has 0 bridgehead atoms. The summed E-state index contributed by atoms with van der Waals surface area (Å²) in [6, 6.07) is 4.79. The molecule has 0 spiro atoms. The van der Waals surface area contributed by atoms with Crippen molar-refractivity contribution < 1.29 is 9.53 Å². The van der Waals surface area contributed by atoms with Gasteiger partial charge in [-0.05, 0) is 24.6 Å². The molecule has 3 nitrogen and oxygen atoms in total. The minimum absolute atomic E-state index is 0.385. The average Bonchev–Trinajstić information content (AvgIpc) is 2.23. The molecule has 0 saturated carbocycles. The molecule has 0 aliphatic carbocycles. The van der Waals surface area contributed by atoms with E-state index in [0.29, 0.717) is 22.3 Å². The summed E-state index contributed by atoms with van der Waals surface area (Å²) in [6.45, 7) is 4.09. The Balaban J connectivity index is 2.39. The first-order valence-corrected chi connectivity index (χ1v) is 6.06. The molecule has 0 aliphatic heterocycles. The minimum Gasteiger partial charge on any atom is -0.449 e. The van der Waals surface area contributed by atoms with Crippen LogP contribution in [0, 0.1) is 6.92 Å². The summed E-state index contributed by atoms with van der Waals surface area (Å²) >= 11 is 11.6. The highest BCUT2D eigenvalue weighted by atomic mass is 35.5. The Hall–Kier alpha value is -0.930. The number of hydrogen-bond donors (Lipinski definition) is 1. The number of anilines is 1. The Morgan fingerprint density at radius 3 is 2.47 bits per heavy atom. The van der Waals surface area contributed by atoms with E-state index in [0.717, 1.165) is 19.3 Å². The van der Waals surface area contributed by atoms with Crippen LogP contribution in [-0.4, -0.2) is 12.7 Å². The largest absolute Gasteiger partial charge is 0.449 e. The third-order valence-corrected chi connectivity index (χ3v) is 2.42. The number of halogens is 2. The van der Waals surface area contributed by atoms with E-state index < -0.39 is 6.09 Å². The average molecular weight is 275 g/mol. The van der Waals surface area contributed by atoms with Gasteiger partial charge in [-0.1, -0.05) is 43.0 Å². The number of nitrogens with one attached hydrogen (secondary N) is 1. The number of hydrogen-bond acceptors (Lipinski definition) is 2. The molecule has 1 N–H and O–H groups in total. The molecule has 1 radical (unpaired) electrons. The van der Waals surface area contributed by atoms with Gasteiger partial charge < -0.3 is 4.74 Å². The van der Waals surface area contributed by atoms with Crippen LogP contribution >= 0.6 is 23.2 Å². The molecule has 1 aromatic carbocycles. The summed E-state index contributed by atoms with van der Waals surface area (Å²) in [4.78, 5) is 11.4. The molecular weight excluding hydrogens is 261 g/mol. The lowest BCUT2D eigenvalue weighted by Crippen LogP contribution is -2.14. The lowest BCUT2D eigenvalue weighted by atomic mass is 10.3. The van der Waals surface area contributed by atoms with Gasteiger partial charge in [-0.3, -0.25) is 5.32 Å². The Morgan fingerprint density at radius 1 is 1.24 bits per heavy atom. The Bertz CT molecular complexity index is 363. The Morgan fingerprint density at radius 2 is 1.88 bits per heavy atom. The summed E-state index contributed by atoms with van der Waals surface area (Å²) in [5.74, 6) is 0. The van der Waals surface area contributed by atoms with E-state index in [-0.39, 0.29) is 0 Å². The fourth-order valence-corrected chi connectivity index (χ4v) is 1.75. The van der Waals surface area contributed by atoms with Crippen molar-refractivity contribution in [3.63, 3.8) is 0 Å². The van der Waals surface area contributed by atoms with E-state index in [2.05, 4.69) is 12.2 Å². The monoisotopic (exact) mass is 274 g/mol. The van der Waals surface area contributed by atoms with E-state index in [9.17, 15) is 4.79 Å². The molecule has 1 amide bonds. The second-order valence-electron chi connectivity index (χ2n) is 3.48. The first-order valence-electron chi connectivity index (χ1n) is 5.31. The first-order chi connectivity index (χ1) is 8.11. The maximum atomic E-state index is 11.4. The summed E-state index contributed by atoms with van der Waals surface area (Å²) in [5.41, 5.74) is 0.518. The van der Waals surface area contributed by atoms with Gasteiger partial charge in [0, 0.05) is 15.7 Å². The molecule has 5 heteroatoms. The van der Waals surface area contributed by atoms with Gasteiger partial charge in [0.15, 0.2) is 0 Å². The molecule has 0 unspecified atom stereocenters. The molecule has 93 valence electrons. The third-order valence-electron chi connectivity index (χ3n) is 1.99. The van der Waals surface area contributed by atoms with Crippen LogP contribution in [0.1, 0.15) is 19.3 Å². The quantitative estimate of drug-likeness (QED) is 0.801. The van der Waals surface area contributed by atoms with Crippen molar-refractivity contribution in [2.24, 2.45) is 0 Å². The molecule has 1 rings (SSSR count). The summed E-state index contributed by atoms with van der Waals surface area (Å²) < 4.78 is 4.96. The van der Waals surface area contributed by atoms with Crippen molar-refractivity contribution in [2.45, 2.75) is 19.3 Å². The Labute approximate surface area is 111 Å². The standard InChI is InChI=1S/C12H14Cl2NO2/c1-2-3-4-5-17-12(16)15-11-7-9(13)6-10(14)8-11/h6-8H,1-5H2,(H,15,16). The number of benzene rings is 1. The minimum atomic E-state index is -0.507. The van der Waals surface area contributed by atoms with Gasteiger partial charge in [0.1, 0.15) is 0 Å². The second-order valence-corrected chi connectivity index (χ2v) is 4.35. The molecule has 0 fully saturated rings. The molecule has 0 aliphatic rings. The Kier molecular flexibility index (Phi) is 6.16. The summed E-state index contributed by atoms with van der Waals surface area (Å²) in [5, 5.41) is 3.48. The van der Waals surface area contributed by atoms with Gasteiger partial charge in [0.25, 0.3) is 0 Å². The molecular formula is C12H14Cl2NO2. The maximum absolute atomic E-state index is 11.4. The maximum Gasteiger partial charge on any atom is 0.411 e. The summed E-state index contributed by atoms with van der Waals surface area (Å²) in [6.07, 6.45) is 2.09. The topological polar surface area (TPSA) is 38.3 Å². The predicted octanol–water partition coefficient (Wildman–Crippen LogP) is 4.55. The van der Waals surface area contributed by atoms with Gasteiger partial charge in [-0.25, -0.2) is 4.79 Å². The smallest absolute Gasteiger partial charge is 0.411 e. The first kappa shape index (κ1) is 14.1. The van der Waals surface area contributed by atoms with E-state index in [1.54, 1.807) is 18.2 Å². The van der Waals surface area contributed by atoms with Crippen LogP contribution in [0.2, 0.25) is 10.0 Å². The van der Waals surface area contributed by atoms with Crippen molar-refractivity contribution in [1.82, 2.24) is 0 Å². The molecule has 0 aromatic heterocycles. The normalized spacial score (nSPS) is 10.1. The van der Waals surface area contributed by atoms with Crippen LogP contribution < -0.4 is 5.32 Å². The highest BCUT2D eigenvalue weighted by Crippen LogP contribution is 2.22. The molecule has 1 aromatic rings. The van der Waals surface area contributed by atoms with Gasteiger partial charge in [-0.15, -0.1) is 0 Å². The van der Waals surface area contributed by atoms with Gasteiger partial charge in [0.2, 0.25) is 0 Å². The molecule has 17 heavy (non-hydrogen) atoms. The van der Waals surface area contributed by atoms with Crippen molar-refractivity contribution in [3.05, 3.63) is 35.2 Å². The van der Waals surface area contributed by atoms with Crippen molar-refractivity contribution in [1.29, 1.82) is 0 Å². The fraction of sp³-hybridized carbons (Fsp3) is 0.333. The lowest BCUT2D eigenvalue weighted by molar-refractivity contribution is 0.159. The number of ether oxygens (including phenoxy) is 1. The number of rotatable bonds is 5. The highest BCUT2D eigenvalue weighted by Gasteiger charge is 2.04. The van der Waals surface area contributed by atoms with E-state index in [4.69, 9.17) is 27.9 Å². The molecule has 0 atom stereocenters. The molecule has 0 saturated heterocycles. The number of carbonyl (C=O) groups excluding carboxylic acids is 1. The van der Waals surface area contributed by atoms with Crippen LogP contribution in [0.3, 0.4) is 0 Å². The van der Waals surface area contributed by atoms with Gasteiger partial charge in [0.05, 0.1) is 6.61 Å². The fourth-order valence-electron chi connectivity index (χ4n) is 1.22. The molecule has 0 heterocycles. The zero-order valence-corrected chi connectivity index (χ0v) is 10.9. The zero-order chi connectivity index (χ0) is 12.7. The van der Waals surface area contributed by atoms with Gasteiger partial charge in [-0.2, -0.15) is 0 Å². The lowest BCUT2D eigenvalue weighted by Gasteiger charge is -2.07. The van der Waals surface area contributed by atoms with Gasteiger partial charge >= 0.3 is 6.09 Å².